The molecular weight excluding hydrogens is 268 g/mol. The summed E-state index contributed by atoms with van der Waals surface area (Å²) < 4.78 is 16.5. The molecule has 21 heavy (non-hydrogen) atoms. The number of methoxy groups -OCH3 is 1. The van der Waals surface area contributed by atoms with Gasteiger partial charge in [0.1, 0.15) is 12.4 Å². The van der Waals surface area contributed by atoms with Crippen LogP contribution >= 0.6 is 0 Å². The first-order valence-electron chi connectivity index (χ1n) is 6.76. The van der Waals surface area contributed by atoms with Crippen LogP contribution in [0.2, 0.25) is 0 Å². The minimum Gasteiger partial charge on any atom is -0.496 e. The summed E-state index contributed by atoms with van der Waals surface area (Å²) in [6, 6.07) is 12.7. The third kappa shape index (κ3) is 2.57. The van der Waals surface area contributed by atoms with Gasteiger partial charge in [-0.1, -0.05) is 12.1 Å². The zero-order valence-electron chi connectivity index (χ0n) is 12.0. The molecule has 3 rings (SSSR count). The van der Waals surface area contributed by atoms with Gasteiger partial charge in [0.15, 0.2) is 17.6 Å². The molecule has 0 fully saturated rings. The van der Waals surface area contributed by atoms with Gasteiger partial charge < -0.3 is 14.2 Å². The van der Waals surface area contributed by atoms with Crippen molar-refractivity contribution in [1.82, 2.24) is 0 Å². The molecule has 108 valence electrons. The molecule has 1 unspecified atom stereocenters. The number of para-hydroxylation sites is 2. The van der Waals surface area contributed by atoms with Gasteiger partial charge in [0.05, 0.1) is 7.11 Å². The van der Waals surface area contributed by atoms with E-state index in [-0.39, 0.29) is 12.4 Å². The molecule has 0 N–H and O–H groups in total. The summed E-state index contributed by atoms with van der Waals surface area (Å²) in [6.45, 7) is 2.13. The van der Waals surface area contributed by atoms with Crippen molar-refractivity contribution in [3.8, 4) is 17.2 Å². The molecule has 0 aliphatic carbocycles. The lowest BCUT2D eigenvalue weighted by Crippen LogP contribution is -2.36. The van der Waals surface area contributed by atoms with Crippen molar-refractivity contribution in [3.05, 3.63) is 53.6 Å². The summed E-state index contributed by atoms with van der Waals surface area (Å²) in [4.78, 5) is 12.5. The summed E-state index contributed by atoms with van der Waals surface area (Å²) in [7, 11) is 1.61. The van der Waals surface area contributed by atoms with Crippen LogP contribution in [0.15, 0.2) is 42.5 Å². The lowest BCUT2D eigenvalue weighted by Gasteiger charge is -2.25. The Bertz CT molecular complexity index is 678. The van der Waals surface area contributed by atoms with Gasteiger partial charge in [0.25, 0.3) is 0 Å². The molecule has 2 aromatic rings. The number of hydrogen-bond acceptors (Lipinski definition) is 4. The number of carbonyl (C=O) groups excluding carboxylic acids is 1. The Morgan fingerprint density at radius 3 is 2.67 bits per heavy atom. The standard InChI is InChI=1S/C17H16O4/c1-11-9-12(7-8-13(11)19-2)17(18)16-10-20-14-5-3-4-6-15(14)21-16/h3-9,16H,10H2,1-2H3. The smallest absolute Gasteiger partial charge is 0.206 e. The van der Waals surface area contributed by atoms with Crippen molar-refractivity contribution in [2.75, 3.05) is 13.7 Å². The van der Waals surface area contributed by atoms with Crippen LogP contribution in [0, 0.1) is 6.92 Å². The van der Waals surface area contributed by atoms with Gasteiger partial charge in [-0.05, 0) is 42.8 Å². The van der Waals surface area contributed by atoms with Crippen molar-refractivity contribution < 1.29 is 19.0 Å². The van der Waals surface area contributed by atoms with E-state index in [9.17, 15) is 4.79 Å². The van der Waals surface area contributed by atoms with Crippen molar-refractivity contribution >= 4 is 5.78 Å². The topological polar surface area (TPSA) is 44.8 Å². The van der Waals surface area contributed by atoms with Crippen molar-refractivity contribution in [3.63, 3.8) is 0 Å². The number of Topliss-reactive ketones (excluding diaryl/α,β-unsaturated/α-hetero) is 1. The van der Waals surface area contributed by atoms with Gasteiger partial charge in [-0.3, -0.25) is 4.79 Å². The predicted molar refractivity (Wildman–Crippen MR) is 78.4 cm³/mol. The minimum atomic E-state index is -0.618. The summed E-state index contributed by atoms with van der Waals surface area (Å²) in [5.74, 6) is 1.95. The Morgan fingerprint density at radius 2 is 1.95 bits per heavy atom. The summed E-state index contributed by atoms with van der Waals surface area (Å²) >= 11 is 0. The van der Waals surface area contributed by atoms with E-state index in [0.29, 0.717) is 17.1 Å². The van der Waals surface area contributed by atoms with Crippen LogP contribution in [-0.2, 0) is 0 Å². The average Bonchev–Trinajstić information content (AvgIpc) is 2.53. The van der Waals surface area contributed by atoms with Gasteiger partial charge in [-0.15, -0.1) is 0 Å². The van der Waals surface area contributed by atoms with Gasteiger partial charge in [0, 0.05) is 5.56 Å². The minimum absolute atomic E-state index is 0.0877. The molecule has 0 aromatic heterocycles. The number of rotatable bonds is 3. The molecule has 4 heteroatoms. The summed E-state index contributed by atoms with van der Waals surface area (Å²) in [5.41, 5.74) is 1.52. The molecular formula is C17H16O4. The van der Waals surface area contributed by atoms with Crippen LogP contribution in [0.1, 0.15) is 15.9 Å². The van der Waals surface area contributed by atoms with E-state index in [0.717, 1.165) is 11.3 Å². The number of fused-ring (bicyclic) bond motifs is 1. The number of carbonyl (C=O) groups is 1. The first kappa shape index (κ1) is 13.5. The highest BCUT2D eigenvalue weighted by atomic mass is 16.6. The molecule has 0 radical (unpaired) electrons. The van der Waals surface area contributed by atoms with Gasteiger partial charge in [0.2, 0.25) is 5.78 Å². The first-order chi connectivity index (χ1) is 10.2. The monoisotopic (exact) mass is 284 g/mol. The maximum absolute atomic E-state index is 12.5. The summed E-state index contributed by atoms with van der Waals surface area (Å²) in [5, 5.41) is 0. The predicted octanol–water partition coefficient (Wildman–Crippen LogP) is 3.03. The van der Waals surface area contributed by atoms with Gasteiger partial charge >= 0.3 is 0 Å². The molecule has 0 saturated heterocycles. The highest BCUT2D eigenvalue weighted by molar-refractivity contribution is 6.00. The zero-order chi connectivity index (χ0) is 14.8. The SMILES string of the molecule is COc1ccc(C(=O)C2COc3ccccc3O2)cc1C. The normalized spacial score (nSPS) is 16.4. The molecule has 0 spiro atoms. The highest BCUT2D eigenvalue weighted by Gasteiger charge is 2.28. The number of hydrogen-bond donors (Lipinski definition) is 0. The van der Waals surface area contributed by atoms with E-state index >= 15 is 0 Å². The van der Waals surface area contributed by atoms with Gasteiger partial charge in [-0.25, -0.2) is 0 Å². The number of benzene rings is 2. The van der Waals surface area contributed by atoms with E-state index in [1.807, 2.05) is 31.2 Å². The van der Waals surface area contributed by atoms with E-state index in [2.05, 4.69) is 0 Å². The maximum atomic E-state index is 12.5. The highest BCUT2D eigenvalue weighted by Crippen LogP contribution is 2.32. The second kappa shape index (κ2) is 5.48. The van der Waals surface area contributed by atoms with E-state index < -0.39 is 6.10 Å². The van der Waals surface area contributed by atoms with Gasteiger partial charge in [-0.2, -0.15) is 0 Å². The Hall–Kier alpha value is -2.49. The fourth-order valence-electron chi connectivity index (χ4n) is 2.37. The fraction of sp³-hybridized carbons (Fsp3) is 0.235. The van der Waals surface area contributed by atoms with E-state index in [1.54, 1.807) is 25.3 Å². The molecule has 1 atom stereocenters. The molecule has 2 aromatic carbocycles. The third-order valence-electron chi connectivity index (χ3n) is 3.48. The Kier molecular flexibility index (Phi) is 3.52. The second-order valence-corrected chi connectivity index (χ2v) is 4.91. The number of ether oxygens (including phenoxy) is 3. The van der Waals surface area contributed by atoms with Crippen molar-refractivity contribution in [1.29, 1.82) is 0 Å². The first-order valence-corrected chi connectivity index (χ1v) is 6.76. The molecule has 1 aliphatic rings. The molecule has 4 nitrogen and oxygen atoms in total. The molecule has 0 bridgehead atoms. The zero-order valence-corrected chi connectivity index (χ0v) is 12.0. The Morgan fingerprint density at radius 1 is 1.19 bits per heavy atom. The average molecular weight is 284 g/mol. The largest absolute Gasteiger partial charge is 0.496 e. The van der Waals surface area contributed by atoms with Crippen molar-refractivity contribution in [2.24, 2.45) is 0 Å². The van der Waals surface area contributed by atoms with Crippen LogP contribution in [-0.4, -0.2) is 25.6 Å². The number of aryl methyl sites for hydroxylation is 1. The third-order valence-corrected chi connectivity index (χ3v) is 3.48. The Balaban J connectivity index is 1.82. The molecule has 1 heterocycles. The second-order valence-electron chi connectivity index (χ2n) is 4.91. The summed E-state index contributed by atoms with van der Waals surface area (Å²) in [6.07, 6.45) is -0.618. The van der Waals surface area contributed by atoms with Crippen LogP contribution in [0.3, 0.4) is 0 Å². The molecule has 1 aliphatic heterocycles. The van der Waals surface area contributed by atoms with E-state index in [1.165, 1.54) is 0 Å². The van der Waals surface area contributed by atoms with Crippen LogP contribution in [0.25, 0.3) is 0 Å². The van der Waals surface area contributed by atoms with Crippen LogP contribution < -0.4 is 14.2 Å². The number of ketones is 1. The Labute approximate surface area is 123 Å². The molecule has 0 amide bonds. The van der Waals surface area contributed by atoms with Crippen LogP contribution in [0.5, 0.6) is 17.2 Å². The van der Waals surface area contributed by atoms with E-state index in [4.69, 9.17) is 14.2 Å². The van der Waals surface area contributed by atoms with Crippen LogP contribution in [0.4, 0.5) is 0 Å². The lowest BCUT2D eigenvalue weighted by atomic mass is 10.0. The quantitative estimate of drug-likeness (QED) is 0.813. The molecule has 0 saturated carbocycles. The lowest BCUT2D eigenvalue weighted by molar-refractivity contribution is 0.0586. The van der Waals surface area contributed by atoms with Crippen molar-refractivity contribution in [2.45, 2.75) is 13.0 Å². The fourth-order valence-corrected chi connectivity index (χ4v) is 2.37. The maximum Gasteiger partial charge on any atom is 0.206 e.